The lowest BCUT2D eigenvalue weighted by atomic mass is 10.2. The van der Waals surface area contributed by atoms with Gasteiger partial charge in [-0.05, 0) is 18.2 Å². The highest BCUT2D eigenvalue weighted by Crippen LogP contribution is 2.21. The Morgan fingerprint density at radius 2 is 2.16 bits per heavy atom. The normalized spacial score (nSPS) is 10.3. The van der Waals surface area contributed by atoms with E-state index in [1.807, 2.05) is 24.3 Å². The summed E-state index contributed by atoms with van der Waals surface area (Å²) in [5, 5.41) is 13.2. The molecule has 1 aromatic carbocycles. The van der Waals surface area contributed by atoms with Gasteiger partial charge in [-0.2, -0.15) is 5.26 Å². The summed E-state index contributed by atoms with van der Waals surface area (Å²) in [4.78, 5) is 4.41. The number of rotatable bonds is 2. The number of benzene rings is 1. The van der Waals surface area contributed by atoms with Gasteiger partial charge in [0.05, 0.1) is 18.7 Å². The molecule has 3 aromatic rings. The van der Waals surface area contributed by atoms with Crippen molar-refractivity contribution in [2.24, 2.45) is 0 Å². The SMILES string of the molecule is COc1cccc(-c2nc3cc(C#N)ccn3n2)c1. The van der Waals surface area contributed by atoms with Crippen LogP contribution in [0.3, 0.4) is 0 Å². The van der Waals surface area contributed by atoms with Crippen molar-refractivity contribution >= 4 is 5.65 Å². The van der Waals surface area contributed by atoms with E-state index in [0.29, 0.717) is 17.0 Å². The van der Waals surface area contributed by atoms with Crippen LogP contribution in [-0.4, -0.2) is 21.7 Å². The second-order valence-corrected chi connectivity index (χ2v) is 4.00. The highest BCUT2D eigenvalue weighted by Gasteiger charge is 2.07. The summed E-state index contributed by atoms with van der Waals surface area (Å²) in [7, 11) is 1.62. The third-order valence-electron chi connectivity index (χ3n) is 2.79. The molecule has 0 aliphatic heterocycles. The van der Waals surface area contributed by atoms with Gasteiger partial charge in [0.15, 0.2) is 11.5 Å². The summed E-state index contributed by atoms with van der Waals surface area (Å²) < 4.78 is 6.83. The number of hydrogen-bond acceptors (Lipinski definition) is 4. The molecular formula is C14H10N4O. The lowest BCUT2D eigenvalue weighted by molar-refractivity contribution is 0.415. The zero-order valence-electron chi connectivity index (χ0n) is 10.2. The summed E-state index contributed by atoms with van der Waals surface area (Å²) in [6.45, 7) is 0. The molecule has 5 heteroatoms. The minimum atomic E-state index is 0.567. The first-order chi connectivity index (χ1) is 9.30. The Morgan fingerprint density at radius 3 is 2.95 bits per heavy atom. The Morgan fingerprint density at radius 1 is 1.26 bits per heavy atom. The summed E-state index contributed by atoms with van der Waals surface area (Å²) >= 11 is 0. The van der Waals surface area contributed by atoms with E-state index >= 15 is 0 Å². The van der Waals surface area contributed by atoms with Gasteiger partial charge in [-0.1, -0.05) is 12.1 Å². The van der Waals surface area contributed by atoms with Crippen molar-refractivity contribution < 1.29 is 4.74 Å². The molecule has 5 nitrogen and oxygen atoms in total. The molecule has 0 amide bonds. The van der Waals surface area contributed by atoms with Crippen LogP contribution < -0.4 is 4.74 Å². The fraction of sp³-hybridized carbons (Fsp3) is 0.0714. The molecule has 0 aliphatic rings. The van der Waals surface area contributed by atoms with Crippen molar-refractivity contribution in [3.63, 3.8) is 0 Å². The highest BCUT2D eigenvalue weighted by atomic mass is 16.5. The van der Waals surface area contributed by atoms with E-state index in [2.05, 4.69) is 16.2 Å². The van der Waals surface area contributed by atoms with Gasteiger partial charge in [0.1, 0.15) is 5.75 Å². The third-order valence-corrected chi connectivity index (χ3v) is 2.79. The van der Waals surface area contributed by atoms with Crippen molar-refractivity contribution in [2.75, 3.05) is 7.11 Å². The second-order valence-electron chi connectivity index (χ2n) is 4.00. The quantitative estimate of drug-likeness (QED) is 0.700. The number of methoxy groups -OCH3 is 1. The van der Waals surface area contributed by atoms with Crippen LogP contribution in [0.4, 0.5) is 0 Å². The van der Waals surface area contributed by atoms with Gasteiger partial charge >= 0.3 is 0 Å². The number of ether oxygens (including phenoxy) is 1. The predicted molar refractivity (Wildman–Crippen MR) is 69.7 cm³/mol. The topological polar surface area (TPSA) is 63.2 Å². The minimum Gasteiger partial charge on any atom is -0.497 e. The number of fused-ring (bicyclic) bond motifs is 1. The van der Waals surface area contributed by atoms with Gasteiger partial charge in [-0.25, -0.2) is 9.50 Å². The van der Waals surface area contributed by atoms with Gasteiger partial charge in [0, 0.05) is 17.8 Å². The maximum Gasteiger partial charge on any atom is 0.182 e. The number of hydrogen-bond donors (Lipinski definition) is 0. The van der Waals surface area contributed by atoms with Gasteiger partial charge in [-0.3, -0.25) is 0 Å². The Hall–Kier alpha value is -2.87. The Bertz CT molecular complexity index is 785. The van der Waals surface area contributed by atoms with Crippen LogP contribution in [0.15, 0.2) is 42.6 Å². The van der Waals surface area contributed by atoms with Crippen LogP contribution in [0.5, 0.6) is 5.75 Å². The van der Waals surface area contributed by atoms with Crippen LogP contribution >= 0.6 is 0 Å². The summed E-state index contributed by atoms with van der Waals surface area (Å²) in [5.74, 6) is 1.36. The Balaban J connectivity index is 2.12. The molecule has 0 aliphatic carbocycles. The lowest BCUT2D eigenvalue weighted by Gasteiger charge is -2.00. The van der Waals surface area contributed by atoms with E-state index in [1.54, 1.807) is 30.0 Å². The van der Waals surface area contributed by atoms with E-state index in [9.17, 15) is 0 Å². The third kappa shape index (κ3) is 2.00. The summed E-state index contributed by atoms with van der Waals surface area (Å²) in [6.07, 6.45) is 1.73. The number of pyridine rings is 1. The van der Waals surface area contributed by atoms with Crippen LogP contribution in [0.2, 0.25) is 0 Å². The van der Waals surface area contributed by atoms with Gasteiger partial charge in [0.25, 0.3) is 0 Å². The fourth-order valence-electron chi connectivity index (χ4n) is 1.84. The van der Waals surface area contributed by atoms with Gasteiger partial charge in [-0.15, -0.1) is 5.10 Å². The van der Waals surface area contributed by atoms with E-state index < -0.39 is 0 Å². The molecule has 0 saturated heterocycles. The van der Waals surface area contributed by atoms with Crippen molar-refractivity contribution in [1.29, 1.82) is 5.26 Å². The molecule has 2 aromatic heterocycles. The molecule has 92 valence electrons. The first-order valence-electron chi connectivity index (χ1n) is 5.71. The molecule has 0 bridgehead atoms. The van der Waals surface area contributed by atoms with E-state index in [0.717, 1.165) is 11.3 Å². The maximum atomic E-state index is 8.87. The Kier molecular flexibility index (Phi) is 2.62. The number of nitriles is 1. The average Bonchev–Trinajstić information content (AvgIpc) is 2.90. The highest BCUT2D eigenvalue weighted by molar-refractivity contribution is 5.60. The van der Waals surface area contributed by atoms with E-state index in [1.165, 1.54) is 0 Å². The predicted octanol–water partition coefficient (Wildman–Crippen LogP) is 2.28. The average molecular weight is 250 g/mol. The van der Waals surface area contributed by atoms with Crippen molar-refractivity contribution in [3.05, 3.63) is 48.2 Å². The zero-order valence-corrected chi connectivity index (χ0v) is 10.2. The second kappa shape index (κ2) is 4.42. The van der Waals surface area contributed by atoms with Crippen LogP contribution in [-0.2, 0) is 0 Å². The van der Waals surface area contributed by atoms with Crippen molar-refractivity contribution in [2.45, 2.75) is 0 Å². The lowest BCUT2D eigenvalue weighted by Crippen LogP contribution is -1.87. The van der Waals surface area contributed by atoms with Gasteiger partial charge in [0.2, 0.25) is 0 Å². The fourth-order valence-corrected chi connectivity index (χ4v) is 1.84. The van der Waals surface area contributed by atoms with E-state index in [-0.39, 0.29) is 0 Å². The van der Waals surface area contributed by atoms with Crippen LogP contribution in [0.1, 0.15) is 5.56 Å². The number of aromatic nitrogens is 3. The Labute approximate surface area is 109 Å². The molecule has 0 spiro atoms. The monoisotopic (exact) mass is 250 g/mol. The number of nitrogens with zero attached hydrogens (tertiary/aromatic N) is 4. The molecule has 0 fully saturated rings. The summed E-state index contributed by atoms with van der Waals surface area (Å²) in [5.41, 5.74) is 2.09. The molecule has 19 heavy (non-hydrogen) atoms. The first kappa shape index (κ1) is 11.2. The van der Waals surface area contributed by atoms with Crippen molar-refractivity contribution in [3.8, 4) is 23.2 Å². The molecule has 3 rings (SSSR count). The zero-order chi connectivity index (χ0) is 13.2. The minimum absolute atomic E-state index is 0.567. The standard InChI is InChI=1S/C14H10N4O/c1-19-12-4-2-3-11(8-12)14-16-13-7-10(9-15)5-6-18(13)17-14/h2-8H,1H3. The molecule has 0 atom stereocenters. The molecular weight excluding hydrogens is 240 g/mol. The molecule has 0 N–H and O–H groups in total. The van der Waals surface area contributed by atoms with Crippen molar-refractivity contribution in [1.82, 2.24) is 14.6 Å². The van der Waals surface area contributed by atoms with E-state index in [4.69, 9.17) is 10.00 Å². The molecule has 0 saturated carbocycles. The van der Waals surface area contributed by atoms with Gasteiger partial charge < -0.3 is 4.74 Å². The smallest absolute Gasteiger partial charge is 0.182 e. The molecule has 0 unspecified atom stereocenters. The largest absolute Gasteiger partial charge is 0.497 e. The summed E-state index contributed by atoms with van der Waals surface area (Å²) in [6, 6.07) is 13.0. The maximum absolute atomic E-state index is 8.87. The van der Waals surface area contributed by atoms with Crippen LogP contribution in [0.25, 0.3) is 17.0 Å². The molecule has 2 heterocycles. The molecule has 0 radical (unpaired) electrons. The van der Waals surface area contributed by atoms with Crippen LogP contribution in [0, 0.1) is 11.3 Å². The first-order valence-corrected chi connectivity index (χ1v) is 5.71.